The van der Waals surface area contributed by atoms with Crippen molar-refractivity contribution in [3.05, 3.63) is 46.6 Å². The lowest BCUT2D eigenvalue weighted by Gasteiger charge is -2.32. The largest absolute Gasteiger partial charge is 0.413 e. The number of unbranched alkanes of at least 4 members (excludes halogenated alkanes) is 18. The molecule has 0 unspecified atom stereocenters. The molecule has 0 spiro atoms. The van der Waals surface area contributed by atoms with Crippen molar-refractivity contribution in [1.29, 1.82) is 0 Å². The highest BCUT2D eigenvalue weighted by Gasteiger charge is 2.35. The summed E-state index contributed by atoms with van der Waals surface area (Å²) in [6.45, 7) is 19.5. The molecule has 0 fully saturated rings. The Hall–Kier alpha value is -1.20. The third-order valence-electron chi connectivity index (χ3n) is 9.12. The van der Waals surface area contributed by atoms with Crippen molar-refractivity contribution in [3.8, 4) is 0 Å². The van der Waals surface area contributed by atoms with E-state index in [1.54, 1.807) is 0 Å². The molecule has 0 bridgehead atoms. The van der Waals surface area contributed by atoms with Crippen LogP contribution in [0.4, 0.5) is 0 Å². The first-order valence-electron chi connectivity index (χ1n) is 20.9. The van der Waals surface area contributed by atoms with Gasteiger partial charge >= 0.3 is 6.16 Å². The Morgan fingerprint density at radius 1 is 0.388 bits per heavy atom. The maximum absolute atomic E-state index is 6.44. The first-order valence-corrected chi connectivity index (χ1v) is 20.9. The van der Waals surface area contributed by atoms with E-state index in [0.29, 0.717) is 26.4 Å². The third kappa shape index (κ3) is 33.7. The monoisotopic (exact) mass is 689 g/mol. The summed E-state index contributed by atoms with van der Waals surface area (Å²) in [6, 6.07) is 0. The molecule has 4 nitrogen and oxygen atoms in total. The standard InChI is InChI=1S/C45H84O4/c1-9-11-13-15-17-19-21-23-25-27-37-46-45(48-39-35-43(7)33-29-31-41(3)4,49-40-36-44(8)34-30-32-42(5)6)47-38-28-26-24-22-20-18-16-14-12-10-2/h31-32,35-36H,9-30,33-34,37-40H2,1-8H3. The molecule has 0 aliphatic heterocycles. The SMILES string of the molecule is CCCCCCCCCCCCOC(OCC=C(C)CCC=C(C)C)(OCC=C(C)CCC=C(C)C)OCCCCCCCCCCCC. The van der Waals surface area contributed by atoms with Gasteiger partial charge in [-0.3, -0.25) is 9.47 Å². The van der Waals surface area contributed by atoms with E-state index in [-0.39, 0.29) is 0 Å². The molecule has 0 amide bonds. The summed E-state index contributed by atoms with van der Waals surface area (Å²) in [5.74, 6) is 0. The maximum Gasteiger partial charge on any atom is 0.413 e. The van der Waals surface area contributed by atoms with Crippen molar-refractivity contribution in [2.45, 2.75) is 216 Å². The molecule has 0 aromatic heterocycles. The molecule has 0 aromatic carbocycles. The van der Waals surface area contributed by atoms with Crippen molar-refractivity contribution in [2.75, 3.05) is 26.4 Å². The fourth-order valence-electron chi connectivity index (χ4n) is 5.78. The molecule has 0 heterocycles. The molecule has 0 N–H and O–H groups in total. The molecule has 0 rings (SSSR count). The van der Waals surface area contributed by atoms with Crippen LogP contribution in [0.2, 0.25) is 0 Å². The Balaban J connectivity index is 5.29. The number of allylic oxidation sites excluding steroid dienone is 6. The number of ether oxygens (including phenoxy) is 4. The Labute approximate surface area is 306 Å². The predicted molar refractivity (Wildman–Crippen MR) is 215 cm³/mol. The molecule has 49 heavy (non-hydrogen) atoms. The van der Waals surface area contributed by atoms with Crippen LogP contribution in [0.1, 0.15) is 209 Å². The molecule has 288 valence electrons. The summed E-state index contributed by atoms with van der Waals surface area (Å²) < 4.78 is 25.7. The van der Waals surface area contributed by atoms with Crippen LogP contribution in [0.5, 0.6) is 0 Å². The highest BCUT2D eigenvalue weighted by atomic mass is 17.0. The second kappa shape index (κ2) is 35.2. The summed E-state index contributed by atoms with van der Waals surface area (Å²) in [7, 11) is 0. The first kappa shape index (κ1) is 47.8. The van der Waals surface area contributed by atoms with Gasteiger partial charge in [0.25, 0.3) is 0 Å². The van der Waals surface area contributed by atoms with Gasteiger partial charge < -0.3 is 9.47 Å². The highest BCUT2D eigenvalue weighted by molar-refractivity contribution is 5.03. The van der Waals surface area contributed by atoms with Crippen LogP contribution in [0.25, 0.3) is 0 Å². The molecular formula is C45H84O4. The van der Waals surface area contributed by atoms with Crippen LogP contribution < -0.4 is 0 Å². The quantitative estimate of drug-likeness (QED) is 0.0373. The lowest BCUT2D eigenvalue weighted by Crippen LogP contribution is -2.43. The van der Waals surface area contributed by atoms with Crippen molar-refractivity contribution >= 4 is 0 Å². The first-order chi connectivity index (χ1) is 23.7. The molecule has 0 aromatic rings. The minimum Gasteiger partial charge on any atom is -0.303 e. The Kier molecular flexibility index (Phi) is 34.4. The number of hydrogen-bond donors (Lipinski definition) is 0. The van der Waals surface area contributed by atoms with Gasteiger partial charge in [-0.15, -0.1) is 0 Å². The minimum absolute atomic E-state index is 0.403. The highest BCUT2D eigenvalue weighted by Crippen LogP contribution is 2.22. The van der Waals surface area contributed by atoms with E-state index in [4.69, 9.17) is 18.9 Å². The lowest BCUT2D eigenvalue weighted by molar-refractivity contribution is -0.495. The van der Waals surface area contributed by atoms with E-state index in [1.165, 1.54) is 125 Å². The normalized spacial score (nSPS) is 12.5. The fourth-order valence-corrected chi connectivity index (χ4v) is 5.78. The zero-order chi connectivity index (χ0) is 36.3. The van der Waals surface area contributed by atoms with Crippen molar-refractivity contribution < 1.29 is 18.9 Å². The van der Waals surface area contributed by atoms with Gasteiger partial charge in [-0.25, -0.2) is 0 Å². The van der Waals surface area contributed by atoms with Gasteiger partial charge in [0, 0.05) is 0 Å². The van der Waals surface area contributed by atoms with Crippen LogP contribution in [-0.2, 0) is 18.9 Å². The number of rotatable bonds is 36. The molecule has 0 atom stereocenters. The lowest BCUT2D eigenvalue weighted by atomic mass is 10.1. The topological polar surface area (TPSA) is 36.9 Å². The van der Waals surface area contributed by atoms with Crippen LogP contribution in [0, 0.1) is 0 Å². The summed E-state index contributed by atoms with van der Waals surface area (Å²) in [4.78, 5) is 0. The second-order valence-electron chi connectivity index (χ2n) is 14.9. The summed E-state index contributed by atoms with van der Waals surface area (Å²) in [5.41, 5.74) is 5.35. The van der Waals surface area contributed by atoms with E-state index in [0.717, 1.165) is 51.4 Å². The summed E-state index contributed by atoms with van der Waals surface area (Å²) >= 11 is 0. The van der Waals surface area contributed by atoms with Crippen LogP contribution in [0.15, 0.2) is 46.6 Å². The zero-order valence-corrected chi connectivity index (χ0v) is 34.2. The molecule has 0 radical (unpaired) electrons. The molecule has 0 aliphatic carbocycles. The van der Waals surface area contributed by atoms with Crippen LogP contribution in [0.3, 0.4) is 0 Å². The van der Waals surface area contributed by atoms with Gasteiger partial charge in [0.2, 0.25) is 0 Å². The van der Waals surface area contributed by atoms with Gasteiger partial charge in [-0.2, -0.15) is 0 Å². The van der Waals surface area contributed by atoms with Crippen LogP contribution in [-0.4, -0.2) is 32.6 Å². The van der Waals surface area contributed by atoms with Gasteiger partial charge in [0.1, 0.15) is 0 Å². The van der Waals surface area contributed by atoms with Gasteiger partial charge in [-0.1, -0.05) is 176 Å². The Morgan fingerprint density at radius 3 is 1.00 bits per heavy atom. The zero-order valence-electron chi connectivity index (χ0n) is 34.2. The summed E-state index contributed by atoms with van der Waals surface area (Å²) in [6.07, 6.45) is 37.4. The Morgan fingerprint density at radius 2 is 0.694 bits per heavy atom. The van der Waals surface area contributed by atoms with E-state index in [9.17, 15) is 0 Å². The van der Waals surface area contributed by atoms with Crippen molar-refractivity contribution in [1.82, 2.24) is 0 Å². The average molecular weight is 689 g/mol. The smallest absolute Gasteiger partial charge is 0.303 e. The molecule has 0 aliphatic rings. The van der Waals surface area contributed by atoms with E-state index >= 15 is 0 Å². The van der Waals surface area contributed by atoms with E-state index < -0.39 is 6.16 Å². The molecule has 0 saturated heterocycles. The van der Waals surface area contributed by atoms with Gasteiger partial charge in [-0.05, 0) is 80.1 Å². The minimum atomic E-state index is -1.48. The third-order valence-corrected chi connectivity index (χ3v) is 9.12. The average Bonchev–Trinajstić information content (AvgIpc) is 3.05. The van der Waals surface area contributed by atoms with Gasteiger partial charge in [0.15, 0.2) is 0 Å². The molecule has 0 saturated carbocycles. The van der Waals surface area contributed by atoms with E-state index in [2.05, 4.69) is 79.7 Å². The van der Waals surface area contributed by atoms with Gasteiger partial charge in [0.05, 0.1) is 26.4 Å². The fraction of sp³-hybridized carbons (Fsp3) is 0.822. The predicted octanol–water partition coefficient (Wildman–Crippen LogP) is 14.9. The summed E-state index contributed by atoms with van der Waals surface area (Å²) in [5, 5.41) is 0. The van der Waals surface area contributed by atoms with Crippen molar-refractivity contribution in [3.63, 3.8) is 0 Å². The molecule has 4 heteroatoms. The van der Waals surface area contributed by atoms with Crippen molar-refractivity contribution in [2.24, 2.45) is 0 Å². The van der Waals surface area contributed by atoms with Crippen LogP contribution >= 0.6 is 0 Å². The maximum atomic E-state index is 6.44. The second-order valence-corrected chi connectivity index (χ2v) is 14.9. The van der Waals surface area contributed by atoms with E-state index in [1.807, 2.05) is 0 Å². The Bertz CT molecular complexity index is 774. The number of hydrogen-bond acceptors (Lipinski definition) is 4. The molecular weight excluding hydrogens is 604 g/mol.